The van der Waals surface area contributed by atoms with Crippen molar-refractivity contribution in [2.45, 2.75) is 91.4 Å². The number of fused-ring (bicyclic) bond motifs is 6. The molecule has 17 heteroatoms. The van der Waals surface area contributed by atoms with Crippen LogP contribution in [0.25, 0.3) is 33.6 Å². The smallest absolute Gasteiger partial charge is 0.324 e. The van der Waals surface area contributed by atoms with Crippen LogP contribution in [-0.4, -0.2) is 121 Å². The number of likely N-dealkylation sites (N-methyl/N-ethyl adjacent to an activating group) is 1. The summed E-state index contributed by atoms with van der Waals surface area (Å²) in [5.41, 5.74) is 7.03. The number of nitrogens with one attached hydrogen (secondary N) is 2. The van der Waals surface area contributed by atoms with Crippen LogP contribution in [0, 0.1) is 17.3 Å². The molecule has 2 saturated heterocycles. The highest BCUT2D eigenvalue weighted by molar-refractivity contribution is 5.95. The average Bonchev–Trinajstić information content (AvgIpc) is 4.00. The third-order valence-electron chi connectivity index (χ3n) is 11.7. The van der Waals surface area contributed by atoms with Crippen LogP contribution >= 0.6 is 0 Å². The fourth-order valence-corrected chi connectivity index (χ4v) is 8.74. The van der Waals surface area contributed by atoms with Crippen molar-refractivity contribution >= 4 is 40.5 Å². The van der Waals surface area contributed by atoms with Crippen molar-refractivity contribution in [3.63, 3.8) is 0 Å². The minimum atomic E-state index is -1.22. The fraction of sp³-hybridized carbons (Fsp3) is 0.512. The zero-order valence-electron chi connectivity index (χ0n) is 35.1. The molecule has 2 N–H and O–H groups in total. The number of benzene rings is 1. The highest BCUT2D eigenvalue weighted by Gasteiger charge is 2.40. The highest BCUT2D eigenvalue weighted by atomic mass is 16.5. The highest BCUT2D eigenvalue weighted by Crippen LogP contribution is 2.39. The zero-order valence-corrected chi connectivity index (χ0v) is 35.1. The lowest BCUT2D eigenvalue weighted by atomic mass is 9.84. The van der Waals surface area contributed by atoms with E-state index in [0.29, 0.717) is 44.3 Å². The number of cyclic esters (lactones) is 1. The molecule has 318 valence electrons. The van der Waals surface area contributed by atoms with E-state index in [1.807, 2.05) is 45.9 Å². The number of ether oxygens (including phenoxy) is 1. The molecule has 0 saturated carbocycles. The van der Waals surface area contributed by atoms with Crippen molar-refractivity contribution in [3.05, 3.63) is 61.0 Å². The molecule has 4 aromatic rings. The number of esters is 1. The number of nitrogens with zero attached hydrogens (tertiary/aromatic N) is 8. The van der Waals surface area contributed by atoms with Crippen molar-refractivity contribution in [3.8, 4) is 22.7 Å². The lowest BCUT2D eigenvalue weighted by molar-refractivity contribution is -0.155. The Morgan fingerprint density at radius 2 is 1.87 bits per heavy atom. The van der Waals surface area contributed by atoms with Gasteiger partial charge in [-0.05, 0) is 68.4 Å². The Bertz CT molecular complexity index is 2280. The molecule has 0 aliphatic carbocycles. The molecule has 0 radical (unpaired) electrons. The largest absolute Gasteiger partial charge is 0.464 e. The summed E-state index contributed by atoms with van der Waals surface area (Å²) in [7, 11) is 1.57. The van der Waals surface area contributed by atoms with Crippen molar-refractivity contribution in [1.29, 1.82) is 0 Å². The van der Waals surface area contributed by atoms with Gasteiger partial charge in [-0.2, -0.15) is 0 Å². The second-order valence-electron chi connectivity index (χ2n) is 17.1. The van der Waals surface area contributed by atoms with Gasteiger partial charge in [-0.15, -0.1) is 10.2 Å². The maximum atomic E-state index is 14.4. The quantitative estimate of drug-likeness (QED) is 0.195. The minimum absolute atomic E-state index is 0.107. The van der Waals surface area contributed by atoms with E-state index >= 15 is 0 Å². The average molecular weight is 823 g/mol. The molecule has 2 fully saturated rings. The third-order valence-corrected chi connectivity index (χ3v) is 11.7. The summed E-state index contributed by atoms with van der Waals surface area (Å²) in [4.78, 5) is 80.0. The first kappa shape index (κ1) is 42.2. The zero-order chi connectivity index (χ0) is 42.9. The Kier molecular flexibility index (Phi) is 12.2. The molecule has 0 spiro atoms. The molecule has 6 bridgehead atoms. The van der Waals surface area contributed by atoms with E-state index in [-0.39, 0.29) is 55.6 Å². The van der Waals surface area contributed by atoms with Crippen molar-refractivity contribution in [2.24, 2.45) is 17.3 Å². The summed E-state index contributed by atoms with van der Waals surface area (Å²) in [6, 6.07) is 2.95. The van der Waals surface area contributed by atoms with E-state index in [1.165, 1.54) is 22.3 Å². The van der Waals surface area contributed by atoms with Crippen LogP contribution in [0.3, 0.4) is 0 Å². The molecule has 3 aromatic heterocycles. The summed E-state index contributed by atoms with van der Waals surface area (Å²) < 4.78 is 14.5. The molecule has 3 aliphatic rings. The summed E-state index contributed by atoms with van der Waals surface area (Å²) in [5, 5.41) is 13.9. The van der Waals surface area contributed by atoms with E-state index in [9.17, 15) is 24.0 Å². The maximum Gasteiger partial charge on any atom is 0.324 e. The van der Waals surface area contributed by atoms with Gasteiger partial charge in [-0.3, -0.25) is 29.0 Å². The van der Waals surface area contributed by atoms with E-state index in [2.05, 4.69) is 49.0 Å². The second kappa shape index (κ2) is 17.3. The molecule has 17 nitrogen and oxygen atoms in total. The van der Waals surface area contributed by atoms with Gasteiger partial charge in [-0.1, -0.05) is 34.3 Å². The van der Waals surface area contributed by atoms with Crippen LogP contribution in [0.15, 0.2) is 54.0 Å². The number of likely N-dealkylation sites (tertiary alicyclic amines) is 1. The number of amides is 4. The predicted octanol–water partition coefficient (Wildman–Crippen LogP) is 3.33. The molecule has 7 rings (SSSR count). The van der Waals surface area contributed by atoms with Gasteiger partial charge >= 0.3 is 5.97 Å². The van der Waals surface area contributed by atoms with E-state index < -0.39 is 47.2 Å². The van der Waals surface area contributed by atoms with Gasteiger partial charge in [0.05, 0.1) is 24.6 Å². The Hall–Kier alpha value is -5.97. The van der Waals surface area contributed by atoms with Crippen LogP contribution in [-0.2, 0) is 48.1 Å². The molecule has 6 heterocycles. The minimum Gasteiger partial charge on any atom is -0.464 e. The van der Waals surface area contributed by atoms with Crippen molar-refractivity contribution in [1.82, 2.24) is 50.3 Å². The monoisotopic (exact) mass is 822 g/mol. The summed E-state index contributed by atoms with van der Waals surface area (Å²) in [6.45, 7) is 15.1. The second-order valence-corrected chi connectivity index (χ2v) is 17.1. The van der Waals surface area contributed by atoms with Gasteiger partial charge < -0.3 is 28.8 Å². The molecule has 1 unspecified atom stereocenters. The van der Waals surface area contributed by atoms with E-state index in [4.69, 9.17) is 9.15 Å². The van der Waals surface area contributed by atoms with Gasteiger partial charge in [0.1, 0.15) is 24.5 Å². The number of rotatable bonds is 8. The first-order valence-corrected chi connectivity index (χ1v) is 20.7. The summed E-state index contributed by atoms with van der Waals surface area (Å²) >= 11 is 0. The number of aryl methyl sites for hydroxylation is 1. The SMILES string of the molecule is C=CC(=O)N1CC[C@H](C(=O)N(C)C(C(=O)N[C@H]2Cc3nnc(o3)-c3ccc4c(c3)c(c(-c3cncnc3)n4CC)CC(C)(C)COC(=O)[C@@H]3CCCN(N3)C2=O)C(C)C)C1. The van der Waals surface area contributed by atoms with Crippen LogP contribution in [0.1, 0.15) is 65.3 Å². The summed E-state index contributed by atoms with van der Waals surface area (Å²) in [6.07, 6.45) is 8.09. The Labute approximate surface area is 348 Å². The first-order chi connectivity index (χ1) is 28.7. The lowest BCUT2D eigenvalue weighted by Gasteiger charge is -2.36. The van der Waals surface area contributed by atoms with Gasteiger partial charge in [0.15, 0.2) is 0 Å². The first-order valence-electron chi connectivity index (χ1n) is 20.7. The fourth-order valence-electron chi connectivity index (χ4n) is 8.74. The van der Waals surface area contributed by atoms with Gasteiger partial charge in [0.25, 0.3) is 5.91 Å². The Morgan fingerprint density at radius 1 is 1.10 bits per heavy atom. The molecular weight excluding hydrogens is 769 g/mol. The Balaban J connectivity index is 1.24. The third kappa shape index (κ3) is 8.53. The normalized spacial score (nSPS) is 21.4. The van der Waals surface area contributed by atoms with Crippen LogP contribution < -0.4 is 10.7 Å². The topological polar surface area (TPSA) is 198 Å². The van der Waals surface area contributed by atoms with Gasteiger partial charge in [-0.25, -0.2) is 15.4 Å². The number of carbonyl (C=O) groups excluding carboxylic acids is 5. The number of carbonyl (C=O) groups is 5. The number of hydrazine groups is 1. The van der Waals surface area contributed by atoms with Crippen LogP contribution in [0.2, 0.25) is 0 Å². The summed E-state index contributed by atoms with van der Waals surface area (Å²) in [5.74, 6) is -2.57. The van der Waals surface area contributed by atoms with Gasteiger partial charge in [0, 0.05) is 73.1 Å². The van der Waals surface area contributed by atoms with Gasteiger partial charge in [0.2, 0.25) is 29.5 Å². The number of hydrogen-bond acceptors (Lipinski definition) is 12. The van der Waals surface area contributed by atoms with Crippen molar-refractivity contribution in [2.75, 3.05) is 33.3 Å². The predicted molar refractivity (Wildman–Crippen MR) is 220 cm³/mol. The van der Waals surface area contributed by atoms with Crippen molar-refractivity contribution < 1.29 is 33.1 Å². The van der Waals surface area contributed by atoms with Crippen LogP contribution in [0.5, 0.6) is 0 Å². The molecule has 4 amide bonds. The number of aromatic nitrogens is 5. The number of hydrogen-bond donors (Lipinski definition) is 2. The Morgan fingerprint density at radius 3 is 2.58 bits per heavy atom. The van der Waals surface area contributed by atoms with Crippen LogP contribution in [0.4, 0.5) is 0 Å². The molecule has 60 heavy (non-hydrogen) atoms. The lowest BCUT2D eigenvalue weighted by Crippen LogP contribution is -2.62. The molecule has 3 aliphatic heterocycles. The molecular formula is C43H54N10O7. The molecule has 4 atom stereocenters. The van der Waals surface area contributed by atoms with E-state index in [1.54, 1.807) is 24.3 Å². The standard InChI is InChI=1S/C43H54N10O7/c1-8-35(54)51-16-14-27(22-51)40(56)50(7)36(25(3)4)38(55)46-32-18-34-47-48-39(60-34)26-12-13-33-29(17-26)30(37(52(33)9-2)28-20-44-24-45-21-28)19-43(5,6)23-59-42(58)31-11-10-15-53(49-31)41(32)57/h8,12-13,17,20-21,24-25,27,31-32,36,49H,1,9-11,14-16,18-19,22-23H2,2-7H3,(H,46,55)/t27-,31-,32-,36?/m0/s1. The molecule has 1 aromatic carbocycles. The maximum absolute atomic E-state index is 14.4. The van der Waals surface area contributed by atoms with E-state index in [0.717, 1.165) is 27.7 Å².